The molecular weight excluding hydrogens is 438 g/mol. The van der Waals surface area contributed by atoms with Gasteiger partial charge in [-0.25, -0.2) is 4.21 Å². The first kappa shape index (κ1) is 20.9. The van der Waals surface area contributed by atoms with Gasteiger partial charge in [-0.2, -0.15) is 0 Å². The molecule has 0 saturated carbocycles. The summed E-state index contributed by atoms with van der Waals surface area (Å²) in [6, 6.07) is 17.8. The van der Waals surface area contributed by atoms with Gasteiger partial charge in [-0.05, 0) is 42.0 Å². The van der Waals surface area contributed by atoms with Crippen molar-refractivity contribution in [3.8, 4) is 0 Å². The van der Waals surface area contributed by atoms with Crippen LogP contribution in [-0.2, 0) is 17.7 Å². The monoisotopic (exact) mass is 459 g/mol. The molecule has 0 aliphatic carbocycles. The molecule has 1 aliphatic rings. The van der Waals surface area contributed by atoms with Gasteiger partial charge in [0.05, 0.1) is 6.04 Å². The minimum atomic E-state index is -2.08. The van der Waals surface area contributed by atoms with Crippen molar-refractivity contribution in [1.29, 1.82) is 0 Å². The summed E-state index contributed by atoms with van der Waals surface area (Å²) >= 11 is 1.19. The second-order valence-corrected chi connectivity index (χ2v) is 9.58. The lowest BCUT2D eigenvalue weighted by Crippen LogP contribution is -2.31. The highest BCUT2D eigenvalue weighted by molar-refractivity contribution is 8.02. The quantitative estimate of drug-likeness (QED) is 0.373. The van der Waals surface area contributed by atoms with Crippen molar-refractivity contribution in [1.82, 2.24) is 15.5 Å². The number of nitrogens with zero attached hydrogens (tertiary/aromatic N) is 2. The largest absolute Gasteiger partial charge is 0.370 e. The third kappa shape index (κ3) is 5.39. The Kier molecular flexibility index (Phi) is 6.68. The van der Waals surface area contributed by atoms with E-state index in [2.05, 4.69) is 43.1 Å². The molecule has 30 heavy (non-hydrogen) atoms. The zero-order valence-corrected chi connectivity index (χ0v) is 18.6. The topological polar surface area (TPSA) is 99.2 Å². The number of hydrogen-bond acceptors (Lipinski definition) is 7. The van der Waals surface area contributed by atoms with Crippen LogP contribution in [0.2, 0.25) is 0 Å². The highest BCUT2D eigenvalue weighted by Gasteiger charge is 2.25. The number of hydrogen-bond donors (Lipinski definition) is 4. The van der Waals surface area contributed by atoms with Gasteiger partial charge in [-0.15, -0.1) is 22.0 Å². The van der Waals surface area contributed by atoms with E-state index in [1.807, 2.05) is 37.3 Å². The molecule has 3 aromatic rings. The van der Waals surface area contributed by atoms with Gasteiger partial charge < -0.3 is 10.6 Å². The lowest BCUT2D eigenvalue weighted by Gasteiger charge is -2.22. The number of anilines is 2. The van der Waals surface area contributed by atoms with Crippen molar-refractivity contribution in [3.05, 3.63) is 81.8 Å². The molecule has 156 valence electrons. The molecule has 0 saturated heterocycles. The number of nitrogens with one attached hydrogen (secondary N) is 3. The molecule has 0 radical (unpaired) electrons. The third-order valence-electron chi connectivity index (χ3n) is 4.53. The average Bonchev–Trinajstić information content (AvgIpc) is 3.38. The van der Waals surface area contributed by atoms with Crippen molar-refractivity contribution in [2.75, 3.05) is 10.0 Å². The fourth-order valence-corrected chi connectivity index (χ4v) is 5.14. The predicted octanol–water partition coefficient (Wildman–Crippen LogP) is 4.29. The zero-order chi connectivity index (χ0) is 20.9. The smallest absolute Gasteiger partial charge is 0.259 e. The van der Waals surface area contributed by atoms with E-state index in [0.29, 0.717) is 5.69 Å². The Hall–Kier alpha value is -2.40. The van der Waals surface area contributed by atoms with Gasteiger partial charge in [0.25, 0.3) is 11.3 Å². The second-order valence-electron chi connectivity index (χ2n) is 6.72. The number of aryl methyl sites for hydroxylation is 1. The Morgan fingerprint density at radius 3 is 2.60 bits per heavy atom. The van der Waals surface area contributed by atoms with Crippen LogP contribution in [0, 0.1) is 6.92 Å². The molecule has 1 aliphatic heterocycles. The van der Waals surface area contributed by atoms with Crippen molar-refractivity contribution in [2.45, 2.75) is 24.8 Å². The first-order valence-electron chi connectivity index (χ1n) is 9.27. The van der Waals surface area contributed by atoms with Crippen LogP contribution in [0.1, 0.15) is 21.5 Å². The summed E-state index contributed by atoms with van der Waals surface area (Å²) in [5, 5.41) is 19.5. The SMILES string of the molecule is Cc1nnc(N[C@@H](Cc2ccc(NS(=O)O)cc2)C2=CSC(c3ccccc3)N2)s1. The van der Waals surface area contributed by atoms with E-state index in [0.717, 1.165) is 27.8 Å². The highest BCUT2D eigenvalue weighted by Crippen LogP contribution is 2.36. The zero-order valence-electron chi connectivity index (χ0n) is 16.1. The standard InChI is InChI=1S/C20H21N5O2S3/c1-13-23-24-20(29-13)22-17(11-14-7-9-16(10-8-14)25-30(26)27)18-12-28-19(21-18)15-5-3-2-4-6-15/h2-10,12,17,19,21,25H,11H2,1H3,(H,22,24)(H,26,27)/t17-,19?/m0/s1. The molecule has 0 amide bonds. The maximum absolute atomic E-state index is 10.9. The van der Waals surface area contributed by atoms with Crippen LogP contribution in [0.15, 0.2) is 65.7 Å². The fourth-order valence-electron chi connectivity index (χ4n) is 3.12. The number of benzene rings is 2. The molecule has 2 unspecified atom stereocenters. The van der Waals surface area contributed by atoms with E-state index < -0.39 is 11.3 Å². The van der Waals surface area contributed by atoms with Gasteiger partial charge in [0, 0.05) is 11.4 Å². The van der Waals surface area contributed by atoms with Crippen LogP contribution < -0.4 is 15.4 Å². The van der Waals surface area contributed by atoms with Gasteiger partial charge in [0.1, 0.15) is 10.4 Å². The van der Waals surface area contributed by atoms with E-state index in [9.17, 15) is 4.21 Å². The Labute approximate surface area is 185 Å². The molecule has 1 aromatic heterocycles. The predicted molar refractivity (Wildman–Crippen MR) is 125 cm³/mol. The van der Waals surface area contributed by atoms with E-state index in [1.165, 1.54) is 16.9 Å². The van der Waals surface area contributed by atoms with Gasteiger partial charge >= 0.3 is 0 Å². The van der Waals surface area contributed by atoms with Crippen molar-refractivity contribution in [2.24, 2.45) is 0 Å². The first-order chi connectivity index (χ1) is 14.6. The molecule has 0 bridgehead atoms. The highest BCUT2D eigenvalue weighted by atomic mass is 32.2. The van der Waals surface area contributed by atoms with Crippen molar-refractivity contribution >= 4 is 45.2 Å². The first-order valence-corrected chi connectivity index (χ1v) is 12.1. The van der Waals surface area contributed by atoms with Gasteiger partial charge in [-0.3, -0.25) is 9.27 Å². The Morgan fingerprint density at radius 1 is 1.17 bits per heavy atom. The lowest BCUT2D eigenvalue weighted by atomic mass is 10.0. The molecule has 4 rings (SSSR count). The van der Waals surface area contributed by atoms with Gasteiger partial charge in [-0.1, -0.05) is 53.8 Å². The Morgan fingerprint density at radius 2 is 1.93 bits per heavy atom. The number of rotatable bonds is 8. The summed E-state index contributed by atoms with van der Waals surface area (Å²) in [6.45, 7) is 1.93. The van der Waals surface area contributed by atoms with Crippen LogP contribution in [0.5, 0.6) is 0 Å². The average molecular weight is 460 g/mol. The molecule has 3 atom stereocenters. The summed E-state index contributed by atoms with van der Waals surface area (Å²) in [6.07, 6.45) is 0.724. The second kappa shape index (κ2) is 9.61. The van der Waals surface area contributed by atoms with Gasteiger partial charge in [0.15, 0.2) is 0 Å². The minimum Gasteiger partial charge on any atom is -0.370 e. The van der Waals surface area contributed by atoms with Crippen LogP contribution in [-0.4, -0.2) is 25.0 Å². The summed E-state index contributed by atoms with van der Waals surface area (Å²) in [7, 11) is 0. The molecule has 2 heterocycles. The molecule has 2 aromatic carbocycles. The molecule has 10 heteroatoms. The maximum atomic E-state index is 10.9. The summed E-state index contributed by atoms with van der Waals surface area (Å²) in [5.74, 6) is 0. The molecule has 0 fully saturated rings. The molecular formula is C20H21N5O2S3. The molecule has 7 nitrogen and oxygen atoms in total. The van der Waals surface area contributed by atoms with Crippen molar-refractivity contribution in [3.63, 3.8) is 0 Å². The number of aromatic nitrogens is 2. The summed E-state index contributed by atoms with van der Waals surface area (Å²) < 4.78 is 22.4. The lowest BCUT2D eigenvalue weighted by molar-refractivity contribution is 0.570. The van der Waals surface area contributed by atoms with E-state index in [-0.39, 0.29) is 11.4 Å². The van der Waals surface area contributed by atoms with Crippen molar-refractivity contribution < 1.29 is 8.76 Å². The van der Waals surface area contributed by atoms with E-state index >= 15 is 0 Å². The maximum Gasteiger partial charge on any atom is 0.259 e. The van der Waals surface area contributed by atoms with E-state index in [4.69, 9.17) is 4.55 Å². The van der Waals surface area contributed by atoms with E-state index in [1.54, 1.807) is 23.9 Å². The minimum absolute atomic E-state index is 0.00987. The fraction of sp³-hybridized carbons (Fsp3) is 0.200. The van der Waals surface area contributed by atoms with Crippen LogP contribution in [0.25, 0.3) is 0 Å². The third-order valence-corrected chi connectivity index (χ3v) is 6.76. The van der Waals surface area contributed by atoms with Crippen LogP contribution in [0.4, 0.5) is 10.8 Å². The summed E-state index contributed by atoms with van der Waals surface area (Å²) in [4.78, 5) is 0. The Bertz CT molecular complexity index is 1040. The van der Waals surface area contributed by atoms with Crippen LogP contribution >= 0.6 is 23.1 Å². The molecule has 0 spiro atoms. The van der Waals surface area contributed by atoms with Crippen LogP contribution in [0.3, 0.4) is 0 Å². The Balaban J connectivity index is 1.50. The normalized spacial score (nSPS) is 17.7. The summed E-state index contributed by atoms with van der Waals surface area (Å²) in [5.41, 5.74) is 4.02. The number of thioether (sulfide) groups is 1. The van der Waals surface area contributed by atoms with Gasteiger partial charge in [0.2, 0.25) is 5.13 Å². The molecule has 4 N–H and O–H groups in total.